The Kier molecular flexibility index (Phi) is 4.90. The average molecular weight is 395 g/mol. The molecule has 1 aromatic carbocycles. The first-order valence-electron chi connectivity index (χ1n) is 9.93. The Labute approximate surface area is 169 Å². The number of fused-ring (bicyclic) bond motifs is 1. The van der Waals surface area contributed by atoms with Crippen LogP contribution >= 0.6 is 0 Å². The highest BCUT2D eigenvalue weighted by Crippen LogP contribution is 2.32. The highest BCUT2D eigenvalue weighted by molar-refractivity contribution is 5.94. The molecule has 2 aromatic rings. The molecule has 2 aliphatic rings. The van der Waals surface area contributed by atoms with E-state index in [0.29, 0.717) is 32.6 Å². The van der Waals surface area contributed by atoms with Crippen molar-refractivity contribution in [3.05, 3.63) is 69.6 Å². The number of piperazine rings is 1. The van der Waals surface area contributed by atoms with Gasteiger partial charge >= 0.3 is 6.09 Å². The Bertz CT molecular complexity index is 1000. The number of ether oxygens (including phenoxy) is 1. The van der Waals surface area contributed by atoms with Gasteiger partial charge in [0.25, 0.3) is 11.5 Å². The van der Waals surface area contributed by atoms with Gasteiger partial charge in [-0.05, 0) is 31.5 Å². The molecule has 0 bridgehead atoms. The van der Waals surface area contributed by atoms with E-state index in [9.17, 15) is 14.4 Å². The topological polar surface area (TPSA) is 71.8 Å². The summed E-state index contributed by atoms with van der Waals surface area (Å²) in [5.74, 6) is -0.288. The van der Waals surface area contributed by atoms with Gasteiger partial charge in [-0.2, -0.15) is 0 Å². The summed E-state index contributed by atoms with van der Waals surface area (Å²) in [6, 6.07) is 13.3. The van der Waals surface area contributed by atoms with Gasteiger partial charge in [-0.25, -0.2) is 4.79 Å². The van der Waals surface area contributed by atoms with Crippen LogP contribution in [0, 0.1) is 6.92 Å². The molecule has 1 unspecified atom stereocenters. The van der Waals surface area contributed by atoms with E-state index in [1.54, 1.807) is 26.5 Å². The fourth-order valence-corrected chi connectivity index (χ4v) is 4.41. The number of hydrogen-bond acceptors (Lipinski definition) is 4. The Morgan fingerprint density at radius 2 is 1.86 bits per heavy atom. The predicted octanol–water partition coefficient (Wildman–Crippen LogP) is 2.07. The van der Waals surface area contributed by atoms with Crippen molar-refractivity contribution in [2.75, 3.05) is 26.2 Å². The molecule has 2 aliphatic heterocycles. The SMILES string of the molecule is CCn1c(C)ccc(C(=O)N2CCN3C(=O)OCC3(Cc3ccccc3)C2)c1=O. The third-order valence-corrected chi connectivity index (χ3v) is 5.94. The van der Waals surface area contributed by atoms with Crippen LogP contribution in [0.2, 0.25) is 0 Å². The molecule has 29 heavy (non-hydrogen) atoms. The summed E-state index contributed by atoms with van der Waals surface area (Å²) in [7, 11) is 0. The molecule has 2 saturated heterocycles. The van der Waals surface area contributed by atoms with Crippen molar-refractivity contribution in [3.8, 4) is 0 Å². The van der Waals surface area contributed by atoms with Crippen molar-refractivity contribution in [3.63, 3.8) is 0 Å². The summed E-state index contributed by atoms with van der Waals surface area (Å²) in [5, 5.41) is 0. The molecular weight excluding hydrogens is 370 g/mol. The molecule has 3 heterocycles. The molecule has 2 amide bonds. The van der Waals surface area contributed by atoms with Gasteiger partial charge in [0.15, 0.2) is 0 Å². The van der Waals surface area contributed by atoms with Crippen LogP contribution in [0.25, 0.3) is 0 Å². The predicted molar refractivity (Wildman–Crippen MR) is 108 cm³/mol. The van der Waals surface area contributed by atoms with Crippen molar-refractivity contribution < 1.29 is 14.3 Å². The fourth-order valence-electron chi connectivity index (χ4n) is 4.41. The lowest BCUT2D eigenvalue weighted by Gasteiger charge is -2.44. The van der Waals surface area contributed by atoms with Crippen LogP contribution in [0.4, 0.5) is 4.79 Å². The van der Waals surface area contributed by atoms with E-state index in [4.69, 9.17) is 4.74 Å². The van der Waals surface area contributed by atoms with E-state index in [0.717, 1.165) is 11.3 Å². The van der Waals surface area contributed by atoms with Gasteiger partial charge < -0.3 is 14.2 Å². The van der Waals surface area contributed by atoms with E-state index in [2.05, 4.69) is 0 Å². The first-order chi connectivity index (χ1) is 13.9. The Morgan fingerprint density at radius 1 is 1.10 bits per heavy atom. The molecule has 0 spiro atoms. The van der Waals surface area contributed by atoms with Crippen molar-refractivity contribution in [2.24, 2.45) is 0 Å². The number of cyclic esters (lactones) is 1. The smallest absolute Gasteiger partial charge is 0.410 e. The van der Waals surface area contributed by atoms with Gasteiger partial charge in [0.2, 0.25) is 0 Å². The average Bonchev–Trinajstić information content (AvgIpc) is 3.04. The Balaban J connectivity index is 1.64. The van der Waals surface area contributed by atoms with Crippen molar-refractivity contribution in [1.29, 1.82) is 0 Å². The van der Waals surface area contributed by atoms with Gasteiger partial charge in [0.05, 0.1) is 0 Å². The van der Waals surface area contributed by atoms with E-state index in [1.165, 1.54) is 0 Å². The zero-order valence-electron chi connectivity index (χ0n) is 16.8. The van der Waals surface area contributed by atoms with Crippen LogP contribution in [0.5, 0.6) is 0 Å². The van der Waals surface area contributed by atoms with Crippen LogP contribution in [0.3, 0.4) is 0 Å². The molecule has 2 fully saturated rings. The van der Waals surface area contributed by atoms with E-state index < -0.39 is 5.54 Å². The maximum absolute atomic E-state index is 13.2. The van der Waals surface area contributed by atoms with Crippen molar-refractivity contribution >= 4 is 12.0 Å². The number of carbonyl (C=O) groups excluding carboxylic acids is 2. The Morgan fingerprint density at radius 3 is 2.59 bits per heavy atom. The van der Waals surface area contributed by atoms with Gasteiger partial charge in [-0.1, -0.05) is 30.3 Å². The third-order valence-electron chi connectivity index (χ3n) is 5.94. The molecule has 1 atom stereocenters. The first kappa shape index (κ1) is 19.2. The van der Waals surface area contributed by atoms with E-state index in [-0.39, 0.29) is 29.7 Å². The highest BCUT2D eigenvalue weighted by Gasteiger charge is 2.51. The normalized spacial score (nSPS) is 21.1. The largest absolute Gasteiger partial charge is 0.447 e. The van der Waals surface area contributed by atoms with Crippen LogP contribution in [-0.4, -0.2) is 58.1 Å². The number of aromatic nitrogens is 1. The number of nitrogens with zero attached hydrogens (tertiary/aromatic N) is 3. The number of carbonyl (C=O) groups is 2. The molecule has 152 valence electrons. The summed E-state index contributed by atoms with van der Waals surface area (Å²) in [6.07, 6.45) is 0.257. The lowest BCUT2D eigenvalue weighted by atomic mass is 9.88. The summed E-state index contributed by atoms with van der Waals surface area (Å²) in [6.45, 7) is 5.60. The summed E-state index contributed by atoms with van der Waals surface area (Å²) < 4.78 is 6.97. The minimum absolute atomic E-state index is 0.172. The van der Waals surface area contributed by atoms with Gasteiger partial charge in [-0.15, -0.1) is 0 Å². The van der Waals surface area contributed by atoms with Crippen molar-refractivity contribution in [2.45, 2.75) is 32.4 Å². The maximum Gasteiger partial charge on any atom is 0.410 e. The van der Waals surface area contributed by atoms with Gasteiger partial charge in [0, 0.05) is 38.3 Å². The number of amides is 2. The molecule has 0 aliphatic carbocycles. The molecule has 4 rings (SSSR count). The number of aryl methyl sites for hydroxylation is 1. The molecule has 7 nitrogen and oxygen atoms in total. The van der Waals surface area contributed by atoms with Gasteiger partial charge in [-0.3, -0.25) is 14.5 Å². The lowest BCUT2D eigenvalue weighted by molar-refractivity contribution is 0.0373. The van der Waals surface area contributed by atoms with Crippen LogP contribution in [0.15, 0.2) is 47.3 Å². The van der Waals surface area contributed by atoms with Crippen LogP contribution in [0.1, 0.15) is 28.5 Å². The number of benzene rings is 1. The molecule has 7 heteroatoms. The van der Waals surface area contributed by atoms with Crippen molar-refractivity contribution in [1.82, 2.24) is 14.4 Å². The standard InChI is InChI=1S/C22H25N3O4/c1-3-24-16(2)9-10-18(20(24)27)19(26)23-11-12-25-21(28)29-15-22(25,14-23)13-17-7-5-4-6-8-17/h4-10H,3,11-15H2,1-2H3. The van der Waals surface area contributed by atoms with E-state index >= 15 is 0 Å². The van der Waals surface area contributed by atoms with Crippen LogP contribution < -0.4 is 5.56 Å². The number of hydrogen-bond donors (Lipinski definition) is 0. The molecule has 1 aromatic heterocycles. The maximum atomic E-state index is 13.2. The molecule has 0 radical (unpaired) electrons. The second-order valence-corrected chi connectivity index (χ2v) is 7.76. The second-order valence-electron chi connectivity index (χ2n) is 7.76. The highest BCUT2D eigenvalue weighted by atomic mass is 16.6. The zero-order chi connectivity index (χ0) is 20.6. The molecule has 0 saturated carbocycles. The number of rotatable bonds is 4. The lowest BCUT2D eigenvalue weighted by Crippen LogP contribution is -2.63. The third kappa shape index (κ3) is 3.30. The van der Waals surface area contributed by atoms with Gasteiger partial charge in [0.1, 0.15) is 17.7 Å². The quantitative estimate of drug-likeness (QED) is 0.795. The molecular formula is C22H25N3O4. The molecule has 0 N–H and O–H groups in total. The first-order valence-corrected chi connectivity index (χ1v) is 9.93. The minimum Gasteiger partial charge on any atom is -0.447 e. The van der Waals surface area contributed by atoms with E-state index in [1.807, 2.05) is 44.2 Å². The fraction of sp³-hybridized carbons (Fsp3) is 0.409. The summed E-state index contributed by atoms with van der Waals surface area (Å²) >= 11 is 0. The second kappa shape index (κ2) is 7.39. The zero-order valence-corrected chi connectivity index (χ0v) is 16.8. The Hall–Kier alpha value is -3.09. The summed E-state index contributed by atoms with van der Waals surface area (Å²) in [5.41, 5.74) is 1.20. The summed E-state index contributed by atoms with van der Waals surface area (Å²) in [4.78, 5) is 41.7. The number of pyridine rings is 1. The monoisotopic (exact) mass is 395 g/mol. The minimum atomic E-state index is -0.610. The van der Waals surface area contributed by atoms with Crippen LogP contribution in [-0.2, 0) is 17.7 Å².